The molecule has 0 radical (unpaired) electrons. The number of rotatable bonds is 6. The summed E-state index contributed by atoms with van der Waals surface area (Å²) in [7, 11) is 0. The molecule has 1 fully saturated rings. The molecule has 2 aromatic carbocycles. The van der Waals surface area contributed by atoms with E-state index in [4.69, 9.17) is 4.74 Å². The van der Waals surface area contributed by atoms with Gasteiger partial charge in [0.15, 0.2) is 12.4 Å². The van der Waals surface area contributed by atoms with Crippen LogP contribution in [0.4, 0.5) is 10.5 Å². The number of carbonyl (C=O) groups is 4. The molecular weight excluding hydrogens is 380 g/mol. The molecule has 0 unspecified atom stereocenters. The second-order valence-electron chi connectivity index (χ2n) is 5.89. The van der Waals surface area contributed by atoms with Crippen molar-refractivity contribution in [3.8, 4) is 5.75 Å². The van der Waals surface area contributed by atoms with Gasteiger partial charge in [0, 0.05) is 11.3 Å². The van der Waals surface area contributed by atoms with Crippen LogP contribution < -0.4 is 15.4 Å². The first kappa shape index (κ1) is 19.4. The van der Waals surface area contributed by atoms with Crippen LogP contribution in [0.5, 0.6) is 5.75 Å². The zero-order valence-corrected chi connectivity index (χ0v) is 15.7. The normalized spacial score (nSPS) is 14.7. The van der Waals surface area contributed by atoms with Gasteiger partial charge in [-0.15, -0.1) is 0 Å². The number of hydrogen-bond donors (Lipinski definition) is 2. The zero-order valence-electron chi connectivity index (χ0n) is 14.9. The topological polar surface area (TPSA) is 102 Å². The Balaban J connectivity index is 1.52. The third-order valence-corrected chi connectivity index (χ3v) is 4.58. The van der Waals surface area contributed by atoms with Gasteiger partial charge in [0.25, 0.3) is 17.1 Å². The van der Waals surface area contributed by atoms with Crippen molar-refractivity contribution >= 4 is 46.4 Å². The molecule has 142 valence electrons. The molecule has 2 N–H and O–H groups in total. The summed E-state index contributed by atoms with van der Waals surface area (Å²) in [5, 5.41) is 4.48. The molecule has 3 amide bonds. The summed E-state index contributed by atoms with van der Waals surface area (Å²) < 4.78 is 5.44. The highest BCUT2D eigenvalue weighted by molar-refractivity contribution is 8.18. The molecule has 3 rings (SSSR count). The molecule has 0 saturated carbocycles. The third kappa shape index (κ3) is 5.08. The van der Waals surface area contributed by atoms with Crippen molar-refractivity contribution < 1.29 is 23.9 Å². The van der Waals surface area contributed by atoms with Crippen LogP contribution in [0.1, 0.15) is 22.8 Å². The van der Waals surface area contributed by atoms with Crippen molar-refractivity contribution in [1.29, 1.82) is 0 Å². The number of hydrogen-bond acceptors (Lipinski definition) is 6. The van der Waals surface area contributed by atoms with E-state index in [0.29, 0.717) is 21.9 Å². The monoisotopic (exact) mass is 396 g/mol. The molecule has 2 aromatic rings. The van der Waals surface area contributed by atoms with E-state index >= 15 is 0 Å². The number of imide groups is 1. The molecule has 0 spiro atoms. The minimum Gasteiger partial charge on any atom is -0.484 e. The van der Waals surface area contributed by atoms with E-state index in [9.17, 15) is 19.2 Å². The van der Waals surface area contributed by atoms with Crippen molar-refractivity contribution in [2.45, 2.75) is 6.92 Å². The maximum absolute atomic E-state index is 12.0. The number of amides is 3. The van der Waals surface area contributed by atoms with E-state index in [1.54, 1.807) is 54.6 Å². The first-order chi connectivity index (χ1) is 13.4. The summed E-state index contributed by atoms with van der Waals surface area (Å²) in [5.41, 5.74) is 1.87. The van der Waals surface area contributed by atoms with Crippen LogP contribution in [0.2, 0.25) is 0 Å². The molecule has 28 heavy (non-hydrogen) atoms. The van der Waals surface area contributed by atoms with Crippen LogP contribution in [0.15, 0.2) is 53.4 Å². The SMILES string of the molecule is CC(=O)c1ccc(NC(=O)COc2ccc(/C=C3\SC(=O)NC3=O)cc2)cc1. The molecule has 1 saturated heterocycles. The number of benzene rings is 2. The molecule has 1 heterocycles. The Labute approximate surface area is 165 Å². The van der Waals surface area contributed by atoms with E-state index in [2.05, 4.69) is 10.6 Å². The minimum absolute atomic E-state index is 0.0425. The lowest BCUT2D eigenvalue weighted by Gasteiger charge is -2.08. The van der Waals surface area contributed by atoms with E-state index in [1.165, 1.54) is 6.92 Å². The molecule has 0 bridgehead atoms. The third-order valence-electron chi connectivity index (χ3n) is 3.77. The van der Waals surface area contributed by atoms with Crippen molar-refractivity contribution in [2.24, 2.45) is 0 Å². The number of ether oxygens (including phenoxy) is 1. The van der Waals surface area contributed by atoms with Gasteiger partial charge in [-0.1, -0.05) is 12.1 Å². The molecule has 8 heteroatoms. The summed E-state index contributed by atoms with van der Waals surface area (Å²) in [6, 6.07) is 13.4. The van der Waals surface area contributed by atoms with Gasteiger partial charge >= 0.3 is 0 Å². The van der Waals surface area contributed by atoms with Crippen LogP contribution in [0.3, 0.4) is 0 Å². The van der Waals surface area contributed by atoms with Gasteiger partial charge in [-0.25, -0.2) is 0 Å². The predicted molar refractivity (Wildman–Crippen MR) is 106 cm³/mol. The molecule has 0 atom stereocenters. The lowest BCUT2D eigenvalue weighted by molar-refractivity contribution is -0.118. The second kappa shape index (κ2) is 8.53. The van der Waals surface area contributed by atoms with Gasteiger partial charge in [0.2, 0.25) is 0 Å². The highest BCUT2D eigenvalue weighted by Crippen LogP contribution is 2.26. The first-order valence-corrected chi connectivity index (χ1v) is 9.11. The number of thioether (sulfide) groups is 1. The number of ketones is 1. The molecule has 1 aliphatic rings. The number of carbonyl (C=O) groups excluding carboxylic acids is 4. The van der Waals surface area contributed by atoms with Crippen LogP contribution in [0, 0.1) is 0 Å². The van der Waals surface area contributed by atoms with Gasteiger partial charge in [0.05, 0.1) is 4.91 Å². The van der Waals surface area contributed by atoms with Gasteiger partial charge in [-0.2, -0.15) is 0 Å². The average Bonchev–Trinajstić information content (AvgIpc) is 2.98. The number of nitrogens with one attached hydrogen (secondary N) is 2. The standard InChI is InChI=1S/C20H16N2O5S/c1-12(23)14-4-6-15(7-5-14)21-18(24)11-27-16-8-2-13(3-9-16)10-17-19(25)22-20(26)28-17/h2-10H,11H2,1H3,(H,21,24)(H,22,25,26)/b17-10-. The Hall–Kier alpha value is -3.39. The van der Waals surface area contributed by atoms with E-state index < -0.39 is 11.1 Å². The largest absolute Gasteiger partial charge is 0.484 e. The summed E-state index contributed by atoms with van der Waals surface area (Å²) in [4.78, 5) is 46.2. The minimum atomic E-state index is -0.414. The quantitative estimate of drug-likeness (QED) is 0.574. The molecule has 7 nitrogen and oxygen atoms in total. The van der Waals surface area contributed by atoms with Crippen LogP contribution in [-0.2, 0) is 9.59 Å². The molecular formula is C20H16N2O5S. The van der Waals surface area contributed by atoms with Gasteiger partial charge in [-0.05, 0) is 66.7 Å². The maximum atomic E-state index is 12.0. The predicted octanol–water partition coefficient (Wildman–Crippen LogP) is 3.23. The Morgan fingerprint density at radius 3 is 2.32 bits per heavy atom. The zero-order chi connectivity index (χ0) is 20.1. The van der Waals surface area contributed by atoms with Crippen molar-refractivity contribution in [3.63, 3.8) is 0 Å². The van der Waals surface area contributed by atoms with Crippen LogP contribution in [-0.4, -0.2) is 29.4 Å². The lowest BCUT2D eigenvalue weighted by Crippen LogP contribution is -2.20. The Morgan fingerprint density at radius 1 is 1.07 bits per heavy atom. The van der Waals surface area contributed by atoms with Gasteiger partial charge < -0.3 is 10.1 Å². The highest BCUT2D eigenvalue weighted by atomic mass is 32.2. The van der Waals surface area contributed by atoms with E-state index in [1.807, 2.05) is 0 Å². The summed E-state index contributed by atoms with van der Waals surface area (Å²) >= 11 is 0.849. The maximum Gasteiger partial charge on any atom is 0.290 e. The molecule has 0 aliphatic carbocycles. The fourth-order valence-corrected chi connectivity index (χ4v) is 3.05. The van der Waals surface area contributed by atoms with Crippen molar-refractivity contribution in [1.82, 2.24) is 5.32 Å². The van der Waals surface area contributed by atoms with Crippen molar-refractivity contribution in [2.75, 3.05) is 11.9 Å². The molecule has 1 aliphatic heterocycles. The second-order valence-corrected chi connectivity index (χ2v) is 6.91. The van der Waals surface area contributed by atoms with Crippen LogP contribution >= 0.6 is 11.8 Å². The lowest BCUT2D eigenvalue weighted by atomic mass is 10.1. The van der Waals surface area contributed by atoms with Gasteiger partial charge in [0.1, 0.15) is 5.75 Å². The van der Waals surface area contributed by atoms with E-state index in [0.717, 1.165) is 17.3 Å². The fourth-order valence-electron chi connectivity index (χ4n) is 2.37. The average molecular weight is 396 g/mol. The number of Topliss-reactive ketones (excluding diaryl/α,β-unsaturated/α-hetero) is 1. The summed E-state index contributed by atoms with van der Waals surface area (Å²) in [6.07, 6.45) is 1.60. The number of anilines is 1. The molecule has 0 aromatic heterocycles. The van der Waals surface area contributed by atoms with E-state index in [-0.39, 0.29) is 18.3 Å². The first-order valence-electron chi connectivity index (χ1n) is 8.29. The van der Waals surface area contributed by atoms with Crippen LogP contribution in [0.25, 0.3) is 6.08 Å². The Kier molecular flexibility index (Phi) is 5.90. The highest BCUT2D eigenvalue weighted by Gasteiger charge is 2.24. The van der Waals surface area contributed by atoms with Gasteiger partial charge in [-0.3, -0.25) is 24.5 Å². The summed E-state index contributed by atoms with van der Waals surface area (Å²) in [5.74, 6) is -0.300. The smallest absolute Gasteiger partial charge is 0.290 e. The fraction of sp³-hybridized carbons (Fsp3) is 0.100. The summed E-state index contributed by atoms with van der Waals surface area (Å²) in [6.45, 7) is 1.30. The Morgan fingerprint density at radius 2 is 1.75 bits per heavy atom. The Bertz CT molecular complexity index is 965. The van der Waals surface area contributed by atoms with Crippen molar-refractivity contribution in [3.05, 3.63) is 64.6 Å².